The summed E-state index contributed by atoms with van der Waals surface area (Å²) < 4.78 is 38.3. The lowest BCUT2D eigenvalue weighted by Gasteiger charge is -2.14. The molecule has 0 saturated carbocycles. The molecule has 0 aliphatic heterocycles. The number of rotatable bonds is 3. The quantitative estimate of drug-likeness (QED) is 0.344. The topological polar surface area (TPSA) is 62.4 Å². The van der Waals surface area contributed by atoms with Gasteiger partial charge >= 0.3 is 6.18 Å². The molecule has 0 aromatic heterocycles. The number of aryl methyl sites for hydroxylation is 1. The summed E-state index contributed by atoms with van der Waals surface area (Å²) in [5.41, 5.74) is 2.09. The largest absolute Gasteiger partial charge is 0.416 e. The number of alkyl halides is 3. The lowest BCUT2D eigenvalue weighted by atomic mass is 10.1. The third-order valence-electron chi connectivity index (χ3n) is 2.44. The maximum absolute atomic E-state index is 12.8. The highest BCUT2D eigenvalue weighted by Gasteiger charge is 2.32. The van der Waals surface area contributed by atoms with Crippen LogP contribution < -0.4 is 16.6 Å². The molecule has 0 atom stereocenters. The van der Waals surface area contributed by atoms with Gasteiger partial charge in [-0.25, -0.2) is 5.84 Å². The molecular weight excluding hydrogens is 257 g/mol. The van der Waals surface area contributed by atoms with Gasteiger partial charge in [-0.05, 0) is 31.0 Å². The Morgan fingerprint density at radius 1 is 1.37 bits per heavy atom. The molecule has 19 heavy (non-hydrogen) atoms. The number of benzene rings is 1. The van der Waals surface area contributed by atoms with E-state index in [-0.39, 0.29) is 17.2 Å². The van der Waals surface area contributed by atoms with Gasteiger partial charge in [-0.2, -0.15) is 13.2 Å². The van der Waals surface area contributed by atoms with Crippen LogP contribution in [-0.4, -0.2) is 12.5 Å². The Bertz CT molecular complexity index is 455. The Labute approximate surface area is 109 Å². The van der Waals surface area contributed by atoms with E-state index in [2.05, 4.69) is 15.7 Å². The molecule has 1 aromatic carbocycles. The zero-order valence-corrected chi connectivity index (χ0v) is 10.8. The molecule has 7 heteroatoms. The molecule has 4 nitrogen and oxygen atoms in total. The first-order valence-electron chi connectivity index (χ1n) is 5.84. The third-order valence-corrected chi connectivity index (χ3v) is 2.44. The van der Waals surface area contributed by atoms with Crippen LogP contribution >= 0.6 is 0 Å². The predicted molar refractivity (Wildman–Crippen MR) is 69.7 cm³/mol. The number of hydrazine groups is 1. The van der Waals surface area contributed by atoms with E-state index in [1.165, 1.54) is 13.0 Å². The van der Waals surface area contributed by atoms with Gasteiger partial charge in [0.1, 0.15) is 0 Å². The number of nitrogens with zero attached hydrogens (tertiary/aromatic N) is 1. The van der Waals surface area contributed by atoms with E-state index in [1.807, 2.05) is 6.92 Å². The van der Waals surface area contributed by atoms with Crippen LogP contribution in [0, 0.1) is 6.92 Å². The van der Waals surface area contributed by atoms with E-state index in [9.17, 15) is 13.2 Å². The summed E-state index contributed by atoms with van der Waals surface area (Å²) >= 11 is 0. The Balaban J connectivity index is 2.97. The highest BCUT2D eigenvalue weighted by atomic mass is 19.4. The second-order valence-electron chi connectivity index (χ2n) is 4.03. The zero-order chi connectivity index (χ0) is 14.5. The molecule has 0 fully saturated rings. The van der Waals surface area contributed by atoms with Crippen molar-refractivity contribution in [1.29, 1.82) is 0 Å². The maximum Gasteiger partial charge on any atom is 0.416 e. The molecule has 0 heterocycles. The second kappa shape index (κ2) is 6.42. The van der Waals surface area contributed by atoms with E-state index in [0.717, 1.165) is 12.5 Å². The zero-order valence-electron chi connectivity index (χ0n) is 10.8. The minimum Gasteiger partial charge on any atom is -0.325 e. The van der Waals surface area contributed by atoms with E-state index in [1.54, 1.807) is 6.07 Å². The molecule has 0 unspecified atom stereocenters. The second-order valence-corrected chi connectivity index (χ2v) is 4.03. The first kappa shape index (κ1) is 15.3. The van der Waals surface area contributed by atoms with Gasteiger partial charge in [0.15, 0.2) is 0 Å². The SMILES string of the molecule is CCCN=C(NN)Nc1ccc(C)c(C(F)(F)F)c1. The first-order valence-corrected chi connectivity index (χ1v) is 5.84. The van der Waals surface area contributed by atoms with Gasteiger partial charge in [0.25, 0.3) is 0 Å². The minimum atomic E-state index is -4.38. The van der Waals surface area contributed by atoms with Crippen LogP contribution in [0.5, 0.6) is 0 Å². The van der Waals surface area contributed by atoms with Crippen LogP contribution in [0.15, 0.2) is 23.2 Å². The summed E-state index contributed by atoms with van der Waals surface area (Å²) in [7, 11) is 0. The molecule has 1 aromatic rings. The van der Waals surface area contributed by atoms with Gasteiger partial charge in [-0.3, -0.25) is 10.4 Å². The van der Waals surface area contributed by atoms with Crippen LogP contribution in [0.1, 0.15) is 24.5 Å². The minimum absolute atomic E-state index is 0.172. The van der Waals surface area contributed by atoms with Gasteiger partial charge in [0, 0.05) is 12.2 Å². The fourth-order valence-corrected chi connectivity index (χ4v) is 1.49. The van der Waals surface area contributed by atoms with Crippen LogP contribution in [-0.2, 0) is 6.18 Å². The van der Waals surface area contributed by atoms with Crippen molar-refractivity contribution in [2.75, 3.05) is 11.9 Å². The lowest BCUT2D eigenvalue weighted by Crippen LogP contribution is -2.36. The summed E-state index contributed by atoms with van der Waals surface area (Å²) in [5.74, 6) is 5.48. The highest BCUT2D eigenvalue weighted by molar-refractivity contribution is 5.93. The van der Waals surface area contributed by atoms with E-state index in [4.69, 9.17) is 5.84 Å². The van der Waals surface area contributed by atoms with E-state index < -0.39 is 11.7 Å². The number of hydrogen-bond acceptors (Lipinski definition) is 2. The molecule has 0 amide bonds. The van der Waals surface area contributed by atoms with Gasteiger partial charge in [-0.15, -0.1) is 0 Å². The van der Waals surface area contributed by atoms with Crippen molar-refractivity contribution < 1.29 is 13.2 Å². The highest BCUT2D eigenvalue weighted by Crippen LogP contribution is 2.33. The van der Waals surface area contributed by atoms with Crippen LogP contribution in [0.25, 0.3) is 0 Å². The summed E-state index contributed by atoms with van der Waals surface area (Å²) in [5, 5.41) is 2.72. The number of anilines is 1. The van der Waals surface area contributed by atoms with Crippen LogP contribution in [0.4, 0.5) is 18.9 Å². The molecule has 4 N–H and O–H groups in total. The average Bonchev–Trinajstić information content (AvgIpc) is 2.35. The number of hydrogen-bond donors (Lipinski definition) is 3. The van der Waals surface area contributed by atoms with Crippen molar-refractivity contribution in [3.63, 3.8) is 0 Å². The van der Waals surface area contributed by atoms with Crippen LogP contribution in [0.3, 0.4) is 0 Å². The Hall–Kier alpha value is -1.76. The molecule has 0 aliphatic rings. The molecule has 0 saturated heterocycles. The number of nitrogens with two attached hydrogens (primary N) is 1. The standard InChI is InChI=1S/C12H17F3N4/c1-3-6-17-11(19-16)18-9-5-4-8(2)10(7-9)12(13,14)15/h4-5,7H,3,6,16H2,1-2H3,(H2,17,18,19). The Kier molecular flexibility index (Phi) is 5.17. The number of guanidine groups is 1. The van der Waals surface area contributed by atoms with Crippen molar-refractivity contribution in [2.45, 2.75) is 26.4 Å². The molecule has 0 spiro atoms. The van der Waals surface area contributed by atoms with Crippen molar-refractivity contribution in [3.05, 3.63) is 29.3 Å². The summed E-state index contributed by atoms with van der Waals surface area (Å²) in [6, 6.07) is 3.98. The van der Waals surface area contributed by atoms with Gasteiger partial charge in [-0.1, -0.05) is 13.0 Å². The van der Waals surface area contributed by atoms with Gasteiger partial charge in [0.05, 0.1) is 5.56 Å². The smallest absolute Gasteiger partial charge is 0.325 e. The number of halogens is 3. The summed E-state index contributed by atoms with van der Waals surface area (Å²) in [6.07, 6.45) is -3.56. The van der Waals surface area contributed by atoms with E-state index >= 15 is 0 Å². The normalized spacial score (nSPS) is 12.4. The Morgan fingerprint density at radius 2 is 2.05 bits per heavy atom. The summed E-state index contributed by atoms with van der Waals surface area (Å²) in [6.45, 7) is 3.88. The molecular formula is C12H17F3N4. The van der Waals surface area contributed by atoms with Gasteiger partial charge < -0.3 is 5.32 Å². The maximum atomic E-state index is 12.8. The molecule has 1 rings (SSSR count). The monoisotopic (exact) mass is 274 g/mol. The summed E-state index contributed by atoms with van der Waals surface area (Å²) in [4.78, 5) is 4.06. The van der Waals surface area contributed by atoms with E-state index in [0.29, 0.717) is 6.54 Å². The Morgan fingerprint density at radius 3 is 2.58 bits per heavy atom. The predicted octanol–water partition coefficient (Wildman–Crippen LogP) is 2.66. The first-order chi connectivity index (χ1) is 8.88. The molecule has 0 bridgehead atoms. The molecule has 106 valence electrons. The van der Waals surface area contributed by atoms with Gasteiger partial charge in [0.2, 0.25) is 5.96 Å². The van der Waals surface area contributed by atoms with Crippen molar-refractivity contribution in [3.8, 4) is 0 Å². The van der Waals surface area contributed by atoms with Crippen LogP contribution in [0.2, 0.25) is 0 Å². The lowest BCUT2D eigenvalue weighted by molar-refractivity contribution is -0.138. The molecule has 0 radical (unpaired) electrons. The van der Waals surface area contributed by atoms with Crippen molar-refractivity contribution in [2.24, 2.45) is 10.8 Å². The fourth-order valence-electron chi connectivity index (χ4n) is 1.49. The van der Waals surface area contributed by atoms with Crippen molar-refractivity contribution in [1.82, 2.24) is 5.43 Å². The average molecular weight is 274 g/mol. The number of nitrogens with one attached hydrogen (secondary N) is 2. The molecule has 0 aliphatic carbocycles. The van der Waals surface area contributed by atoms with Crippen molar-refractivity contribution >= 4 is 11.6 Å². The number of aliphatic imine (C=N–C) groups is 1. The fraction of sp³-hybridized carbons (Fsp3) is 0.417. The third kappa shape index (κ3) is 4.44.